The van der Waals surface area contributed by atoms with Gasteiger partial charge < -0.3 is 19.2 Å². The second-order valence-corrected chi connectivity index (χ2v) is 7.53. The van der Waals surface area contributed by atoms with E-state index in [4.69, 9.17) is 15.0 Å². The Morgan fingerprint density at radius 3 is 2.17 bits per heavy atom. The smallest absolute Gasteiger partial charge is 0.399 e. The lowest BCUT2D eigenvalue weighted by Gasteiger charge is -2.32. The van der Waals surface area contributed by atoms with Crippen molar-refractivity contribution in [3.8, 4) is 5.75 Å². The number of hydrogen-bond acceptors (Lipinski definition) is 6. The summed E-state index contributed by atoms with van der Waals surface area (Å²) < 4.78 is 50.8. The minimum Gasteiger partial charge on any atom is -0.399 e. The van der Waals surface area contributed by atoms with Gasteiger partial charge in [-0.25, -0.2) is 0 Å². The summed E-state index contributed by atoms with van der Waals surface area (Å²) in [5, 5.41) is 0. The van der Waals surface area contributed by atoms with E-state index in [9.17, 15) is 12.3 Å². The monoisotopic (exact) mass is 345 g/mol. The summed E-state index contributed by atoms with van der Waals surface area (Å²) in [5.74, 6) is -0.125. The molecule has 0 atom stereocenters. The molecule has 1 aromatic rings. The van der Waals surface area contributed by atoms with Gasteiger partial charge in [-0.3, -0.25) is 0 Å². The van der Waals surface area contributed by atoms with Crippen molar-refractivity contribution in [2.75, 3.05) is 0 Å². The van der Waals surface area contributed by atoms with Gasteiger partial charge in [0.05, 0.1) is 11.2 Å². The van der Waals surface area contributed by atoms with Crippen LogP contribution in [0.2, 0.25) is 0 Å². The molecule has 0 spiro atoms. The van der Waals surface area contributed by atoms with E-state index in [-0.39, 0.29) is 12.3 Å². The molecule has 9 heteroatoms. The normalized spacial score (nSPS) is 19.9. The van der Waals surface area contributed by atoms with Gasteiger partial charge in [0, 0.05) is 6.54 Å². The molecule has 0 saturated carbocycles. The summed E-state index contributed by atoms with van der Waals surface area (Å²) in [4.78, 5) is 0. The summed E-state index contributed by atoms with van der Waals surface area (Å²) in [6.45, 7) is 9.35. The molecule has 1 heterocycles. The maximum atomic E-state index is 12.9. The molecule has 1 aliphatic rings. The molecule has 0 bridgehead atoms. The van der Waals surface area contributed by atoms with Crippen molar-refractivity contribution >= 4 is 23.1 Å². The lowest BCUT2D eigenvalue weighted by atomic mass is 9.75. The van der Waals surface area contributed by atoms with Crippen LogP contribution in [0.1, 0.15) is 38.8 Å². The van der Waals surface area contributed by atoms with Gasteiger partial charge in [0.15, 0.2) is 0 Å². The summed E-state index contributed by atoms with van der Waals surface area (Å²) in [5.41, 5.74) is 6.07. The van der Waals surface area contributed by atoms with Crippen LogP contribution in [0.3, 0.4) is 0 Å². The largest absolute Gasteiger partial charge is 0.495 e. The first-order valence-corrected chi connectivity index (χ1v) is 8.50. The molecular weight excluding hydrogens is 324 g/mol. The van der Waals surface area contributed by atoms with Crippen molar-refractivity contribution in [1.82, 2.24) is 0 Å². The van der Waals surface area contributed by atoms with Gasteiger partial charge in [-0.15, -0.1) is 0 Å². The van der Waals surface area contributed by atoms with Crippen LogP contribution in [0.15, 0.2) is 12.1 Å². The first-order valence-electron chi connectivity index (χ1n) is 7.19. The number of rotatable bonds is 4. The first-order chi connectivity index (χ1) is 10.4. The number of nitrogens with two attached hydrogens (primary N) is 1. The van der Waals surface area contributed by atoms with Crippen LogP contribution in [0.4, 0.5) is 3.89 Å². The number of hydrogen-bond donors (Lipinski definition) is 1. The molecule has 1 aromatic carbocycles. The zero-order chi connectivity index (χ0) is 17.6. The molecule has 1 fully saturated rings. The van der Waals surface area contributed by atoms with E-state index in [1.807, 2.05) is 27.7 Å². The van der Waals surface area contributed by atoms with Gasteiger partial charge in [-0.1, -0.05) is 9.95 Å². The van der Waals surface area contributed by atoms with Crippen LogP contribution in [0, 0.1) is 6.92 Å². The topological polar surface area (TPSA) is 87.9 Å². The minimum atomic E-state index is -5.13. The second-order valence-electron chi connectivity index (χ2n) is 6.58. The molecule has 0 unspecified atom stereocenters. The van der Waals surface area contributed by atoms with Crippen molar-refractivity contribution in [1.29, 1.82) is 0 Å². The van der Waals surface area contributed by atoms with Crippen molar-refractivity contribution in [3.05, 3.63) is 23.3 Å². The first kappa shape index (κ1) is 18.2. The van der Waals surface area contributed by atoms with Crippen LogP contribution in [0.25, 0.3) is 0 Å². The van der Waals surface area contributed by atoms with Gasteiger partial charge in [0.1, 0.15) is 5.75 Å². The fourth-order valence-electron chi connectivity index (χ4n) is 2.30. The lowest BCUT2D eigenvalue weighted by molar-refractivity contribution is 0.00578. The molecule has 0 radical (unpaired) electrons. The summed E-state index contributed by atoms with van der Waals surface area (Å²) in [7, 11) is -5.86. The predicted molar refractivity (Wildman–Crippen MR) is 85.4 cm³/mol. The Labute approximate surface area is 136 Å². The van der Waals surface area contributed by atoms with Gasteiger partial charge >= 0.3 is 17.6 Å². The van der Waals surface area contributed by atoms with Crippen LogP contribution in [0.5, 0.6) is 5.75 Å². The summed E-state index contributed by atoms with van der Waals surface area (Å²) in [6, 6.07) is 3.14. The van der Waals surface area contributed by atoms with Crippen LogP contribution in [-0.4, -0.2) is 26.7 Å². The van der Waals surface area contributed by atoms with Gasteiger partial charge in [0.2, 0.25) is 0 Å². The highest BCUT2D eigenvalue weighted by Crippen LogP contribution is 2.37. The third-order valence-corrected chi connectivity index (χ3v) is 4.77. The highest BCUT2D eigenvalue weighted by atomic mass is 32.3. The second kappa shape index (κ2) is 5.73. The van der Waals surface area contributed by atoms with E-state index in [0.29, 0.717) is 16.6 Å². The highest BCUT2D eigenvalue weighted by Gasteiger charge is 2.52. The molecule has 1 aliphatic heterocycles. The van der Waals surface area contributed by atoms with Crippen molar-refractivity contribution < 1.29 is 25.8 Å². The summed E-state index contributed by atoms with van der Waals surface area (Å²) in [6.07, 6.45) is 0. The van der Waals surface area contributed by atoms with Crippen molar-refractivity contribution in [2.45, 2.75) is 52.4 Å². The Balaban J connectivity index is 2.49. The maximum absolute atomic E-state index is 12.9. The minimum absolute atomic E-state index is 0.125. The van der Waals surface area contributed by atoms with E-state index in [0.717, 1.165) is 0 Å². The number of benzene rings is 1. The Hall–Kier alpha value is -1.16. The van der Waals surface area contributed by atoms with E-state index in [1.54, 1.807) is 13.0 Å². The van der Waals surface area contributed by atoms with E-state index in [2.05, 4.69) is 4.18 Å². The lowest BCUT2D eigenvalue weighted by Crippen LogP contribution is -2.41. The quantitative estimate of drug-likeness (QED) is 0.655. The Bertz CT molecular complexity index is 704. The molecule has 23 heavy (non-hydrogen) atoms. The number of halogens is 1. The SMILES string of the molecule is Cc1c(OS(=O)(=O)F)cc(CN)cc1B1OC(C)(C)C(C)(C)O1. The third-order valence-electron chi connectivity index (χ3n) is 4.39. The molecule has 128 valence electrons. The molecule has 2 N–H and O–H groups in total. The van der Waals surface area contributed by atoms with Crippen LogP contribution >= 0.6 is 0 Å². The molecule has 1 saturated heterocycles. The van der Waals surface area contributed by atoms with Crippen LogP contribution < -0.4 is 15.4 Å². The maximum Gasteiger partial charge on any atom is 0.495 e. The molecule has 0 amide bonds. The van der Waals surface area contributed by atoms with Gasteiger partial charge in [-0.05, 0) is 57.3 Å². The fraction of sp³-hybridized carbons (Fsp3) is 0.571. The fourth-order valence-corrected chi connectivity index (χ4v) is 2.68. The van der Waals surface area contributed by atoms with Crippen molar-refractivity contribution in [2.24, 2.45) is 5.73 Å². The predicted octanol–water partition coefficient (Wildman–Crippen LogP) is 1.35. The zero-order valence-corrected chi connectivity index (χ0v) is 14.7. The van der Waals surface area contributed by atoms with E-state index >= 15 is 0 Å². The third kappa shape index (κ3) is 3.68. The Morgan fingerprint density at radius 1 is 1.22 bits per heavy atom. The highest BCUT2D eigenvalue weighted by molar-refractivity contribution is 7.81. The Kier molecular flexibility index (Phi) is 4.53. The molecule has 2 rings (SSSR count). The molecular formula is C14H21BFNO5S. The molecule has 0 aromatic heterocycles. The average Bonchev–Trinajstić information content (AvgIpc) is 2.59. The molecule has 0 aliphatic carbocycles. The average molecular weight is 345 g/mol. The molecule has 6 nitrogen and oxygen atoms in total. The van der Waals surface area contributed by atoms with Crippen LogP contribution in [-0.2, 0) is 26.4 Å². The summed E-state index contributed by atoms with van der Waals surface area (Å²) >= 11 is 0. The van der Waals surface area contributed by atoms with Crippen molar-refractivity contribution in [3.63, 3.8) is 0 Å². The van der Waals surface area contributed by atoms with E-state index in [1.165, 1.54) is 6.07 Å². The van der Waals surface area contributed by atoms with Gasteiger partial charge in [-0.2, -0.15) is 8.42 Å². The van der Waals surface area contributed by atoms with E-state index < -0.39 is 28.8 Å². The standard InChI is InChI=1S/C14H21BFNO5S/c1-9-11(15-21-13(2,3)14(4,5)22-15)6-10(8-17)7-12(9)20-23(16,18)19/h6-7H,8,17H2,1-5H3. The van der Waals surface area contributed by atoms with Gasteiger partial charge in [0.25, 0.3) is 0 Å². The zero-order valence-electron chi connectivity index (χ0n) is 13.8. The Morgan fingerprint density at radius 2 is 1.74 bits per heavy atom.